The molecule has 0 bridgehead atoms. The van der Waals surface area contributed by atoms with Crippen LogP contribution in [0.1, 0.15) is 12.8 Å². The molecule has 1 aromatic rings. The van der Waals surface area contributed by atoms with Crippen LogP contribution in [0.5, 0.6) is 5.75 Å². The van der Waals surface area contributed by atoms with E-state index in [1.54, 1.807) is 7.05 Å². The third-order valence-corrected chi connectivity index (χ3v) is 5.57. The molecular weight excluding hydrogens is 288 g/mol. The molecule has 0 saturated carbocycles. The fraction of sp³-hybridized carbons (Fsp3) is 0.600. The van der Waals surface area contributed by atoms with Crippen molar-refractivity contribution in [1.82, 2.24) is 9.21 Å². The summed E-state index contributed by atoms with van der Waals surface area (Å²) in [5, 5.41) is 0. The minimum Gasteiger partial charge on any atom is -0.492 e. The number of likely N-dealkylation sites (N-methyl/N-ethyl adjacent to an activating group) is 1. The van der Waals surface area contributed by atoms with E-state index in [9.17, 15) is 8.42 Å². The van der Waals surface area contributed by atoms with Gasteiger partial charge in [0.2, 0.25) is 10.0 Å². The molecule has 0 atom stereocenters. The molecule has 1 fully saturated rings. The number of hydrogen-bond donors (Lipinski definition) is 0. The Hall–Kier alpha value is -1.11. The lowest BCUT2D eigenvalue weighted by Crippen LogP contribution is -2.37. The molecule has 2 rings (SSSR count). The second kappa shape index (κ2) is 7.77. The second-order valence-corrected chi connectivity index (χ2v) is 7.54. The van der Waals surface area contributed by atoms with Crippen molar-refractivity contribution in [3.05, 3.63) is 30.3 Å². The highest BCUT2D eigenvalue weighted by Crippen LogP contribution is 2.10. The van der Waals surface area contributed by atoms with Crippen LogP contribution in [-0.2, 0) is 10.0 Å². The minimum atomic E-state index is -3.24. The van der Waals surface area contributed by atoms with E-state index in [0.717, 1.165) is 19.6 Å². The molecule has 1 saturated heterocycles. The molecule has 5 nitrogen and oxygen atoms in total. The van der Waals surface area contributed by atoms with Gasteiger partial charge in [-0.15, -0.1) is 0 Å². The molecular formula is C15H24N2O3S. The maximum absolute atomic E-state index is 12.2. The first-order valence-electron chi connectivity index (χ1n) is 7.42. The molecule has 1 aliphatic rings. The van der Waals surface area contributed by atoms with Gasteiger partial charge in [0.1, 0.15) is 12.4 Å². The first-order valence-corrected chi connectivity index (χ1v) is 9.03. The van der Waals surface area contributed by atoms with Crippen LogP contribution < -0.4 is 4.74 Å². The third kappa shape index (κ3) is 5.30. The molecule has 0 spiro atoms. The van der Waals surface area contributed by atoms with Crippen molar-refractivity contribution in [2.75, 3.05) is 45.6 Å². The van der Waals surface area contributed by atoms with Crippen molar-refractivity contribution in [2.45, 2.75) is 12.8 Å². The standard InChI is InChI=1S/C15H24N2O3S/c1-16(11-12-17-9-5-6-10-17)21(18,19)14-13-20-15-7-3-2-4-8-15/h2-4,7-8H,5-6,9-14H2,1H3. The van der Waals surface area contributed by atoms with Gasteiger partial charge in [-0.3, -0.25) is 0 Å². The summed E-state index contributed by atoms with van der Waals surface area (Å²) in [6.45, 7) is 3.72. The summed E-state index contributed by atoms with van der Waals surface area (Å²) in [5.74, 6) is 0.714. The van der Waals surface area contributed by atoms with Crippen LogP contribution in [0.25, 0.3) is 0 Å². The number of benzene rings is 1. The van der Waals surface area contributed by atoms with E-state index in [1.807, 2.05) is 30.3 Å². The number of para-hydroxylation sites is 1. The van der Waals surface area contributed by atoms with E-state index in [0.29, 0.717) is 12.3 Å². The first-order chi connectivity index (χ1) is 10.1. The molecule has 0 radical (unpaired) electrons. The summed E-state index contributed by atoms with van der Waals surface area (Å²) in [6.07, 6.45) is 2.45. The van der Waals surface area contributed by atoms with E-state index >= 15 is 0 Å². The lowest BCUT2D eigenvalue weighted by Gasteiger charge is -2.21. The molecule has 1 heterocycles. The molecule has 0 aliphatic carbocycles. The molecule has 0 amide bonds. The Morgan fingerprint density at radius 2 is 1.86 bits per heavy atom. The average Bonchev–Trinajstić information content (AvgIpc) is 2.99. The van der Waals surface area contributed by atoms with E-state index in [-0.39, 0.29) is 12.4 Å². The molecule has 0 unspecified atom stereocenters. The number of nitrogens with zero attached hydrogens (tertiary/aromatic N) is 2. The second-order valence-electron chi connectivity index (χ2n) is 5.35. The molecule has 118 valence electrons. The SMILES string of the molecule is CN(CCN1CCCC1)S(=O)(=O)CCOc1ccccc1. The van der Waals surface area contributed by atoms with Gasteiger partial charge in [0.15, 0.2) is 0 Å². The molecule has 21 heavy (non-hydrogen) atoms. The van der Waals surface area contributed by atoms with E-state index in [4.69, 9.17) is 4.74 Å². The van der Waals surface area contributed by atoms with Gasteiger partial charge in [0.05, 0.1) is 5.75 Å². The largest absolute Gasteiger partial charge is 0.492 e. The fourth-order valence-corrected chi connectivity index (χ4v) is 3.33. The molecule has 6 heteroatoms. The summed E-state index contributed by atoms with van der Waals surface area (Å²) in [6, 6.07) is 9.28. The zero-order chi connectivity index (χ0) is 15.1. The predicted molar refractivity (Wildman–Crippen MR) is 84.0 cm³/mol. The zero-order valence-electron chi connectivity index (χ0n) is 12.6. The van der Waals surface area contributed by atoms with E-state index < -0.39 is 10.0 Å². The van der Waals surface area contributed by atoms with Crippen LogP contribution in [0, 0.1) is 0 Å². The third-order valence-electron chi connectivity index (χ3n) is 3.76. The normalized spacial score (nSPS) is 16.5. The van der Waals surface area contributed by atoms with Gasteiger partial charge in [0, 0.05) is 20.1 Å². The summed E-state index contributed by atoms with van der Waals surface area (Å²) in [4.78, 5) is 2.31. The van der Waals surface area contributed by atoms with Crippen LogP contribution >= 0.6 is 0 Å². The summed E-state index contributed by atoms with van der Waals surface area (Å²) < 4.78 is 31.2. The van der Waals surface area contributed by atoms with Crippen LogP contribution in [0.4, 0.5) is 0 Å². The predicted octanol–water partition coefficient (Wildman–Crippen LogP) is 1.42. The van der Waals surface area contributed by atoms with Gasteiger partial charge in [-0.25, -0.2) is 12.7 Å². The van der Waals surface area contributed by atoms with Gasteiger partial charge in [0.25, 0.3) is 0 Å². The van der Waals surface area contributed by atoms with Gasteiger partial charge in [-0.2, -0.15) is 0 Å². The lowest BCUT2D eigenvalue weighted by atomic mass is 10.3. The first kappa shape index (κ1) is 16.3. The lowest BCUT2D eigenvalue weighted by molar-refractivity contribution is 0.306. The van der Waals surface area contributed by atoms with Crippen LogP contribution in [0.3, 0.4) is 0 Å². The Labute approximate surface area is 127 Å². The topological polar surface area (TPSA) is 49.9 Å². The number of likely N-dealkylation sites (tertiary alicyclic amines) is 1. The molecule has 0 N–H and O–H groups in total. The Morgan fingerprint density at radius 3 is 2.52 bits per heavy atom. The highest BCUT2D eigenvalue weighted by atomic mass is 32.2. The van der Waals surface area contributed by atoms with Crippen molar-refractivity contribution in [1.29, 1.82) is 0 Å². The Kier molecular flexibility index (Phi) is 6.02. The number of rotatable bonds is 8. The fourth-order valence-electron chi connectivity index (χ4n) is 2.36. The van der Waals surface area contributed by atoms with Crippen molar-refractivity contribution < 1.29 is 13.2 Å². The van der Waals surface area contributed by atoms with E-state index in [1.165, 1.54) is 17.1 Å². The molecule has 1 aromatic carbocycles. The monoisotopic (exact) mass is 312 g/mol. The summed E-state index contributed by atoms with van der Waals surface area (Å²) in [7, 11) is -1.59. The Bertz CT molecular complexity index is 513. The van der Waals surface area contributed by atoms with Gasteiger partial charge >= 0.3 is 0 Å². The van der Waals surface area contributed by atoms with Crippen molar-refractivity contribution in [3.63, 3.8) is 0 Å². The smallest absolute Gasteiger partial charge is 0.217 e. The number of hydrogen-bond acceptors (Lipinski definition) is 4. The highest BCUT2D eigenvalue weighted by molar-refractivity contribution is 7.89. The van der Waals surface area contributed by atoms with Crippen LogP contribution in [0.2, 0.25) is 0 Å². The van der Waals surface area contributed by atoms with Crippen LogP contribution in [0.15, 0.2) is 30.3 Å². The Morgan fingerprint density at radius 1 is 1.19 bits per heavy atom. The van der Waals surface area contributed by atoms with E-state index in [2.05, 4.69) is 4.90 Å². The van der Waals surface area contributed by atoms with Crippen molar-refractivity contribution >= 4 is 10.0 Å². The minimum absolute atomic E-state index is 0.0123. The van der Waals surface area contributed by atoms with Crippen LogP contribution in [-0.4, -0.2) is 63.2 Å². The maximum Gasteiger partial charge on any atom is 0.217 e. The quantitative estimate of drug-likeness (QED) is 0.728. The number of sulfonamides is 1. The van der Waals surface area contributed by atoms with Gasteiger partial charge in [-0.1, -0.05) is 18.2 Å². The summed E-state index contributed by atoms with van der Waals surface area (Å²) >= 11 is 0. The molecule has 1 aliphatic heterocycles. The Balaban J connectivity index is 1.72. The molecule has 0 aromatic heterocycles. The number of ether oxygens (including phenoxy) is 1. The van der Waals surface area contributed by atoms with Crippen molar-refractivity contribution in [3.8, 4) is 5.75 Å². The van der Waals surface area contributed by atoms with Crippen molar-refractivity contribution in [2.24, 2.45) is 0 Å². The highest BCUT2D eigenvalue weighted by Gasteiger charge is 2.19. The summed E-state index contributed by atoms with van der Waals surface area (Å²) in [5.41, 5.74) is 0. The average molecular weight is 312 g/mol. The zero-order valence-corrected chi connectivity index (χ0v) is 13.4. The van der Waals surface area contributed by atoms with Gasteiger partial charge < -0.3 is 9.64 Å². The maximum atomic E-state index is 12.2. The van der Waals surface area contributed by atoms with Gasteiger partial charge in [-0.05, 0) is 38.1 Å².